The molecule has 0 aliphatic heterocycles. The number of aromatic nitrogens is 1. The van der Waals surface area contributed by atoms with Crippen molar-refractivity contribution >= 4 is 11.3 Å². The summed E-state index contributed by atoms with van der Waals surface area (Å²) in [5, 5.41) is 0.897. The van der Waals surface area contributed by atoms with Gasteiger partial charge in [0.2, 0.25) is 0 Å². The SMILES string of the molecule is CCc1nc(COc2ccc(F)cc2)sc1C(C)N. The molecule has 0 aliphatic rings. The highest BCUT2D eigenvalue weighted by Gasteiger charge is 2.13. The first-order valence-corrected chi connectivity index (χ1v) is 7.04. The Bertz CT molecular complexity index is 537. The zero-order valence-corrected chi connectivity index (χ0v) is 11.8. The van der Waals surface area contributed by atoms with Crippen molar-refractivity contribution in [3.63, 3.8) is 0 Å². The third-order valence-corrected chi connectivity index (χ3v) is 3.97. The lowest BCUT2D eigenvalue weighted by atomic mass is 10.2. The van der Waals surface area contributed by atoms with Gasteiger partial charge in [-0.2, -0.15) is 0 Å². The van der Waals surface area contributed by atoms with Crippen LogP contribution in [0.1, 0.15) is 35.5 Å². The minimum atomic E-state index is -0.269. The number of benzene rings is 1. The van der Waals surface area contributed by atoms with E-state index in [0.29, 0.717) is 12.4 Å². The Hall–Kier alpha value is -1.46. The highest BCUT2D eigenvalue weighted by molar-refractivity contribution is 7.11. The number of rotatable bonds is 5. The van der Waals surface area contributed by atoms with E-state index in [4.69, 9.17) is 10.5 Å². The standard InChI is InChI=1S/C14H17FN2OS/c1-3-12-14(9(2)16)19-13(17-12)8-18-11-6-4-10(15)5-7-11/h4-7,9H,3,8,16H2,1-2H3. The molecule has 3 nitrogen and oxygen atoms in total. The molecule has 19 heavy (non-hydrogen) atoms. The van der Waals surface area contributed by atoms with Gasteiger partial charge in [0, 0.05) is 10.9 Å². The van der Waals surface area contributed by atoms with Gasteiger partial charge in [-0.3, -0.25) is 0 Å². The molecule has 102 valence electrons. The maximum Gasteiger partial charge on any atom is 0.140 e. The molecule has 0 fully saturated rings. The second-order valence-electron chi connectivity index (χ2n) is 4.30. The van der Waals surface area contributed by atoms with Gasteiger partial charge in [-0.15, -0.1) is 11.3 Å². The van der Waals surface area contributed by atoms with Crippen LogP contribution in [0.4, 0.5) is 4.39 Å². The number of hydrogen-bond acceptors (Lipinski definition) is 4. The van der Waals surface area contributed by atoms with Gasteiger partial charge < -0.3 is 10.5 Å². The number of thiazole rings is 1. The van der Waals surface area contributed by atoms with E-state index >= 15 is 0 Å². The fraction of sp³-hybridized carbons (Fsp3) is 0.357. The molecule has 2 rings (SSSR count). The number of aryl methyl sites for hydroxylation is 1. The molecule has 0 saturated heterocycles. The first kappa shape index (κ1) is 14.0. The van der Waals surface area contributed by atoms with Crippen molar-refractivity contribution in [2.75, 3.05) is 0 Å². The Morgan fingerprint density at radius 3 is 2.58 bits per heavy atom. The molecule has 0 spiro atoms. The summed E-state index contributed by atoms with van der Waals surface area (Å²) in [4.78, 5) is 5.63. The van der Waals surface area contributed by atoms with E-state index in [1.807, 2.05) is 6.92 Å². The smallest absolute Gasteiger partial charge is 0.140 e. The third kappa shape index (κ3) is 3.52. The van der Waals surface area contributed by atoms with Gasteiger partial charge in [0.05, 0.1) is 5.69 Å². The summed E-state index contributed by atoms with van der Waals surface area (Å²) in [5.41, 5.74) is 6.95. The average molecular weight is 280 g/mol. The lowest BCUT2D eigenvalue weighted by Crippen LogP contribution is -2.05. The minimum Gasteiger partial charge on any atom is -0.486 e. The molecule has 1 heterocycles. The molecule has 0 saturated carbocycles. The monoisotopic (exact) mass is 280 g/mol. The summed E-state index contributed by atoms with van der Waals surface area (Å²) in [6.07, 6.45) is 0.865. The van der Waals surface area contributed by atoms with Crippen LogP contribution in [-0.2, 0) is 13.0 Å². The quantitative estimate of drug-likeness (QED) is 0.912. The number of halogens is 1. The highest BCUT2D eigenvalue weighted by atomic mass is 32.1. The van der Waals surface area contributed by atoms with Gasteiger partial charge in [-0.25, -0.2) is 9.37 Å². The normalized spacial score (nSPS) is 12.4. The number of nitrogens with two attached hydrogens (primary N) is 1. The summed E-state index contributed by atoms with van der Waals surface area (Å²) >= 11 is 1.58. The molecule has 1 aromatic heterocycles. The topological polar surface area (TPSA) is 48.1 Å². The lowest BCUT2D eigenvalue weighted by Gasteiger charge is -2.03. The van der Waals surface area contributed by atoms with Gasteiger partial charge in [0.1, 0.15) is 23.2 Å². The van der Waals surface area contributed by atoms with Crippen LogP contribution in [-0.4, -0.2) is 4.98 Å². The predicted octanol–water partition coefficient (Wildman–Crippen LogP) is 3.44. The molecule has 1 aromatic carbocycles. The predicted molar refractivity (Wildman–Crippen MR) is 74.8 cm³/mol. The van der Waals surface area contributed by atoms with Crippen LogP contribution in [0, 0.1) is 5.82 Å². The van der Waals surface area contributed by atoms with Gasteiger partial charge >= 0.3 is 0 Å². The second-order valence-corrected chi connectivity index (χ2v) is 5.42. The van der Waals surface area contributed by atoms with Crippen LogP contribution in [0.3, 0.4) is 0 Å². The lowest BCUT2D eigenvalue weighted by molar-refractivity contribution is 0.305. The van der Waals surface area contributed by atoms with E-state index in [-0.39, 0.29) is 11.9 Å². The zero-order valence-electron chi connectivity index (χ0n) is 11.0. The van der Waals surface area contributed by atoms with E-state index < -0.39 is 0 Å². The maximum atomic E-state index is 12.8. The third-order valence-electron chi connectivity index (χ3n) is 2.70. The van der Waals surface area contributed by atoms with E-state index in [9.17, 15) is 4.39 Å². The average Bonchev–Trinajstić information content (AvgIpc) is 2.81. The summed E-state index contributed by atoms with van der Waals surface area (Å²) < 4.78 is 18.3. The maximum absolute atomic E-state index is 12.8. The Labute approximate surface area is 116 Å². The molecule has 5 heteroatoms. The van der Waals surface area contributed by atoms with Crippen molar-refractivity contribution in [1.82, 2.24) is 4.98 Å². The highest BCUT2D eigenvalue weighted by Crippen LogP contribution is 2.25. The fourth-order valence-corrected chi connectivity index (χ4v) is 2.78. The molecule has 1 unspecified atom stereocenters. The molecule has 0 radical (unpaired) electrons. The fourth-order valence-electron chi connectivity index (χ4n) is 1.76. The Morgan fingerprint density at radius 1 is 1.37 bits per heavy atom. The van der Waals surface area contributed by atoms with Crippen LogP contribution in [0.2, 0.25) is 0 Å². The van der Waals surface area contributed by atoms with E-state index in [0.717, 1.165) is 22.0 Å². The van der Waals surface area contributed by atoms with Crippen molar-refractivity contribution in [3.05, 3.63) is 45.7 Å². The van der Waals surface area contributed by atoms with E-state index in [2.05, 4.69) is 11.9 Å². The van der Waals surface area contributed by atoms with E-state index in [1.54, 1.807) is 23.5 Å². The number of hydrogen-bond donors (Lipinski definition) is 1. The summed E-state index contributed by atoms with van der Waals surface area (Å²) in [7, 11) is 0. The van der Waals surface area contributed by atoms with Gasteiger partial charge in [-0.05, 0) is 37.6 Å². The molecular weight excluding hydrogens is 263 g/mol. The molecule has 0 amide bonds. The molecule has 1 atom stereocenters. The van der Waals surface area contributed by atoms with Crippen molar-refractivity contribution < 1.29 is 9.13 Å². The Kier molecular flexibility index (Phi) is 4.50. The van der Waals surface area contributed by atoms with Crippen LogP contribution in [0.5, 0.6) is 5.75 Å². The van der Waals surface area contributed by atoms with Crippen LogP contribution in [0.25, 0.3) is 0 Å². The Morgan fingerprint density at radius 2 is 2.05 bits per heavy atom. The largest absolute Gasteiger partial charge is 0.486 e. The first-order chi connectivity index (χ1) is 9.10. The van der Waals surface area contributed by atoms with Crippen molar-refractivity contribution in [3.8, 4) is 5.75 Å². The second kappa shape index (κ2) is 6.12. The van der Waals surface area contributed by atoms with Crippen LogP contribution in [0.15, 0.2) is 24.3 Å². The molecular formula is C14H17FN2OS. The minimum absolute atomic E-state index is 0.00739. The van der Waals surface area contributed by atoms with Crippen molar-refractivity contribution in [2.45, 2.75) is 32.9 Å². The molecule has 2 aromatic rings. The van der Waals surface area contributed by atoms with Gasteiger partial charge in [0.15, 0.2) is 0 Å². The summed E-state index contributed by atoms with van der Waals surface area (Å²) in [5.74, 6) is 0.367. The van der Waals surface area contributed by atoms with Crippen LogP contribution < -0.4 is 10.5 Å². The number of ether oxygens (including phenoxy) is 1. The molecule has 0 aliphatic carbocycles. The summed E-state index contributed by atoms with van der Waals surface area (Å²) in [6.45, 7) is 4.40. The van der Waals surface area contributed by atoms with Crippen molar-refractivity contribution in [1.29, 1.82) is 0 Å². The molecule has 2 N–H and O–H groups in total. The number of nitrogens with zero attached hydrogens (tertiary/aromatic N) is 1. The van der Waals surface area contributed by atoms with Crippen LogP contribution >= 0.6 is 11.3 Å². The van der Waals surface area contributed by atoms with Crippen molar-refractivity contribution in [2.24, 2.45) is 5.73 Å². The van der Waals surface area contributed by atoms with Gasteiger partial charge in [-0.1, -0.05) is 6.92 Å². The Balaban J connectivity index is 2.05. The molecule has 0 bridgehead atoms. The van der Waals surface area contributed by atoms with Gasteiger partial charge in [0.25, 0.3) is 0 Å². The zero-order chi connectivity index (χ0) is 13.8. The summed E-state index contributed by atoms with van der Waals surface area (Å²) in [6, 6.07) is 5.96. The van der Waals surface area contributed by atoms with E-state index in [1.165, 1.54) is 12.1 Å². The first-order valence-electron chi connectivity index (χ1n) is 6.22.